The number of Topliss-reactive ketones (excluding diaryl/α,β-unsaturated/α-hetero) is 1. The molecule has 2 nitrogen and oxygen atoms in total. The van der Waals surface area contributed by atoms with Gasteiger partial charge in [0.25, 0.3) is 0 Å². The number of aliphatic hydroxyl groups excluding tert-OH is 1. The number of carbonyl (C=O) groups excluding carboxylic acids is 1. The Bertz CT molecular complexity index is 140. The van der Waals surface area contributed by atoms with Crippen LogP contribution in [0.1, 0.15) is 27.7 Å². The van der Waals surface area contributed by atoms with Crippen LogP contribution in [0.25, 0.3) is 0 Å². The topological polar surface area (TPSA) is 37.3 Å². The third-order valence-electron chi connectivity index (χ3n) is 0.667. The van der Waals surface area contributed by atoms with E-state index in [1.165, 1.54) is 13.8 Å². The molecule has 1 aromatic rings. The molecule has 0 saturated carbocycles. The van der Waals surface area contributed by atoms with E-state index in [2.05, 4.69) is 0 Å². The lowest BCUT2D eigenvalue weighted by atomic mass is 10.4. The molecular weight excluding hydrogens is 176 g/mol. The first-order valence-corrected chi connectivity index (χ1v) is 4.65. The van der Waals surface area contributed by atoms with Crippen molar-refractivity contribution in [3.05, 3.63) is 36.4 Å². The smallest absolute Gasteiger partial charge is 0.126 e. The van der Waals surface area contributed by atoms with Crippen molar-refractivity contribution in [2.45, 2.75) is 27.7 Å². The molecule has 0 saturated heterocycles. The minimum atomic E-state index is 0.167. The van der Waals surface area contributed by atoms with Crippen molar-refractivity contribution in [1.82, 2.24) is 0 Å². The lowest BCUT2D eigenvalue weighted by molar-refractivity contribution is -0.114. The van der Waals surface area contributed by atoms with Crippen LogP contribution < -0.4 is 0 Å². The van der Waals surface area contributed by atoms with E-state index >= 15 is 0 Å². The molecular formula is C12H22O2. The summed E-state index contributed by atoms with van der Waals surface area (Å²) in [5.74, 6) is 0.167. The first-order valence-electron chi connectivity index (χ1n) is 4.65. The Labute approximate surface area is 87.6 Å². The van der Waals surface area contributed by atoms with Crippen LogP contribution in [-0.4, -0.2) is 18.0 Å². The van der Waals surface area contributed by atoms with Crippen LogP contribution in [0.15, 0.2) is 36.4 Å². The molecule has 0 amide bonds. The van der Waals surface area contributed by atoms with Crippen molar-refractivity contribution in [1.29, 1.82) is 0 Å². The Morgan fingerprint density at radius 2 is 0.857 bits per heavy atom. The van der Waals surface area contributed by atoms with Crippen molar-refractivity contribution in [2.24, 2.45) is 0 Å². The van der Waals surface area contributed by atoms with Gasteiger partial charge in [-0.2, -0.15) is 0 Å². The van der Waals surface area contributed by atoms with Crippen LogP contribution >= 0.6 is 0 Å². The Hall–Kier alpha value is -1.15. The largest absolute Gasteiger partial charge is 0.400 e. The van der Waals surface area contributed by atoms with Crippen molar-refractivity contribution in [2.75, 3.05) is 7.11 Å². The molecule has 0 fully saturated rings. The van der Waals surface area contributed by atoms with Crippen molar-refractivity contribution in [3.8, 4) is 0 Å². The molecule has 2 heteroatoms. The molecule has 1 N–H and O–H groups in total. The molecule has 0 aliphatic rings. The minimum Gasteiger partial charge on any atom is -0.400 e. The maximum Gasteiger partial charge on any atom is 0.126 e. The van der Waals surface area contributed by atoms with Gasteiger partial charge in [0.05, 0.1) is 0 Å². The fraction of sp³-hybridized carbons (Fsp3) is 0.417. The lowest BCUT2D eigenvalue weighted by Crippen LogP contribution is -1.69. The zero-order valence-electron chi connectivity index (χ0n) is 9.82. The van der Waals surface area contributed by atoms with Gasteiger partial charge in [0.2, 0.25) is 0 Å². The summed E-state index contributed by atoms with van der Waals surface area (Å²) >= 11 is 0. The predicted molar refractivity (Wildman–Crippen MR) is 62.3 cm³/mol. The summed E-state index contributed by atoms with van der Waals surface area (Å²) in [6, 6.07) is 12.0. The van der Waals surface area contributed by atoms with Crippen molar-refractivity contribution < 1.29 is 9.90 Å². The molecule has 0 spiro atoms. The molecule has 0 bridgehead atoms. The maximum absolute atomic E-state index is 9.44. The minimum absolute atomic E-state index is 0.167. The first kappa shape index (κ1) is 18.6. The average Bonchev–Trinajstić information content (AvgIpc) is 2.25. The van der Waals surface area contributed by atoms with Crippen LogP contribution in [0.5, 0.6) is 0 Å². The van der Waals surface area contributed by atoms with E-state index in [-0.39, 0.29) is 5.78 Å². The zero-order chi connectivity index (χ0) is 11.8. The predicted octanol–water partition coefficient (Wildman–Crippen LogP) is 2.92. The molecule has 0 aliphatic carbocycles. The standard InChI is InChI=1S/C6H6.C3H6O.C2H6.CH4O/c1-2-4-6-5-3-1;1-3(2)4;2*1-2/h1-6H;1-2H3;1-2H3;2H,1H3. The fourth-order valence-corrected chi connectivity index (χ4v) is 0.385. The number of rotatable bonds is 0. The highest BCUT2D eigenvalue weighted by atomic mass is 16.2. The van der Waals surface area contributed by atoms with E-state index in [9.17, 15) is 4.79 Å². The molecule has 0 unspecified atom stereocenters. The van der Waals surface area contributed by atoms with Gasteiger partial charge in [-0.1, -0.05) is 50.2 Å². The summed E-state index contributed by atoms with van der Waals surface area (Å²) in [7, 11) is 1.00. The van der Waals surface area contributed by atoms with Crippen molar-refractivity contribution >= 4 is 5.78 Å². The number of hydrogen-bond donors (Lipinski definition) is 1. The van der Waals surface area contributed by atoms with E-state index in [1.807, 2.05) is 50.2 Å². The van der Waals surface area contributed by atoms with Gasteiger partial charge in [0.1, 0.15) is 5.78 Å². The average molecular weight is 198 g/mol. The van der Waals surface area contributed by atoms with E-state index in [4.69, 9.17) is 5.11 Å². The van der Waals surface area contributed by atoms with Gasteiger partial charge in [0, 0.05) is 7.11 Å². The number of carbonyl (C=O) groups is 1. The first-order chi connectivity index (χ1) is 6.73. The van der Waals surface area contributed by atoms with Crippen LogP contribution in [-0.2, 0) is 4.79 Å². The molecule has 0 radical (unpaired) electrons. The molecule has 0 aromatic heterocycles. The van der Waals surface area contributed by atoms with Crippen LogP contribution in [0.3, 0.4) is 0 Å². The Morgan fingerprint density at radius 3 is 0.929 bits per heavy atom. The molecule has 14 heavy (non-hydrogen) atoms. The fourth-order valence-electron chi connectivity index (χ4n) is 0.385. The third-order valence-corrected chi connectivity index (χ3v) is 0.667. The molecule has 82 valence electrons. The Kier molecular flexibility index (Phi) is 30.1. The van der Waals surface area contributed by atoms with Gasteiger partial charge in [-0.05, 0) is 13.8 Å². The molecule has 0 atom stereocenters. The lowest BCUT2D eigenvalue weighted by Gasteiger charge is -1.69. The van der Waals surface area contributed by atoms with Gasteiger partial charge >= 0.3 is 0 Å². The van der Waals surface area contributed by atoms with E-state index < -0.39 is 0 Å². The summed E-state index contributed by atoms with van der Waals surface area (Å²) < 4.78 is 0. The van der Waals surface area contributed by atoms with Crippen LogP contribution in [0.2, 0.25) is 0 Å². The summed E-state index contributed by atoms with van der Waals surface area (Å²) in [4.78, 5) is 9.44. The normalized spacial score (nSPS) is 6.14. The maximum atomic E-state index is 9.44. The highest BCUT2D eigenvalue weighted by Gasteiger charge is 1.62. The third kappa shape index (κ3) is 44.8. The summed E-state index contributed by atoms with van der Waals surface area (Å²) in [6.07, 6.45) is 0. The van der Waals surface area contributed by atoms with E-state index in [0.29, 0.717) is 0 Å². The second kappa shape index (κ2) is 22.6. The highest BCUT2D eigenvalue weighted by molar-refractivity contribution is 5.72. The Balaban J connectivity index is -0.000000134. The van der Waals surface area contributed by atoms with E-state index in [1.54, 1.807) is 0 Å². The van der Waals surface area contributed by atoms with Gasteiger partial charge in [-0.15, -0.1) is 0 Å². The van der Waals surface area contributed by atoms with Gasteiger partial charge in [0.15, 0.2) is 0 Å². The molecule has 1 aromatic carbocycles. The summed E-state index contributed by atoms with van der Waals surface area (Å²) in [5.41, 5.74) is 0. The van der Waals surface area contributed by atoms with Gasteiger partial charge in [-0.25, -0.2) is 0 Å². The number of aliphatic hydroxyl groups is 1. The Morgan fingerprint density at radius 1 is 0.786 bits per heavy atom. The molecule has 0 heterocycles. The van der Waals surface area contributed by atoms with Gasteiger partial charge in [-0.3, -0.25) is 0 Å². The number of benzene rings is 1. The quantitative estimate of drug-likeness (QED) is 0.696. The summed E-state index contributed by atoms with van der Waals surface area (Å²) in [5, 5.41) is 7.00. The molecule has 1 rings (SSSR count). The highest BCUT2D eigenvalue weighted by Crippen LogP contribution is 1.79. The SMILES string of the molecule is CC.CC(C)=O.CO.c1ccccc1. The van der Waals surface area contributed by atoms with Crippen LogP contribution in [0, 0.1) is 0 Å². The number of ketones is 1. The summed E-state index contributed by atoms with van der Waals surface area (Å²) in [6.45, 7) is 7.06. The molecule has 0 aliphatic heterocycles. The second-order valence-corrected chi connectivity index (χ2v) is 2.06. The van der Waals surface area contributed by atoms with Gasteiger partial charge < -0.3 is 9.90 Å². The van der Waals surface area contributed by atoms with Crippen molar-refractivity contribution in [3.63, 3.8) is 0 Å². The van der Waals surface area contributed by atoms with Crippen LogP contribution in [0.4, 0.5) is 0 Å². The second-order valence-electron chi connectivity index (χ2n) is 2.06. The number of hydrogen-bond acceptors (Lipinski definition) is 2. The van der Waals surface area contributed by atoms with E-state index in [0.717, 1.165) is 7.11 Å². The monoisotopic (exact) mass is 198 g/mol. The zero-order valence-corrected chi connectivity index (χ0v) is 9.82.